The van der Waals surface area contributed by atoms with Gasteiger partial charge in [0.25, 0.3) is 0 Å². The van der Waals surface area contributed by atoms with E-state index in [4.69, 9.17) is 11.6 Å². The van der Waals surface area contributed by atoms with Crippen LogP contribution >= 0.6 is 11.6 Å². The van der Waals surface area contributed by atoms with Gasteiger partial charge in [-0.05, 0) is 40.4 Å². The Morgan fingerprint density at radius 3 is 2.76 bits per heavy atom. The summed E-state index contributed by atoms with van der Waals surface area (Å²) in [7, 11) is 4.09. The first-order valence-corrected chi connectivity index (χ1v) is 6.47. The first-order chi connectivity index (χ1) is 8.02. The molecule has 0 amide bonds. The Labute approximate surface area is 109 Å². The minimum Gasteiger partial charge on any atom is -0.321 e. The molecule has 1 aromatic heterocycles. The number of nitrogens with one attached hydrogen (secondary N) is 1. The summed E-state index contributed by atoms with van der Waals surface area (Å²) in [5.41, 5.74) is 0. The van der Waals surface area contributed by atoms with Gasteiger partial charge in [0, 0.05) is 13.1 Å². The third kappa shape index (κ3) is 4.66. The summed E-state index contributed by atoms with van der Waals surface area (Å²) in [6.45, 7) is 7.31. The van der Waals surface area contributed by atoms with E-state index in [-0.39, 0.29) is 0 Å². The van der Waals surface area contributed by atoms with Gasteiger partial charge in [-0.1, -0.05) is 11.6 Å². The molecule has 0 atom stereocenters. The predicted molar refractivity (Wildman–Crippen MR) is 72.3 cm³/mol. The summed E-state index contributed by atoms with van der Waals surface area (Å²) >= 11 is 5.91. The van der Waals surface area contributed by atoms with Crippen LogP contribution in [0.4, 0.5) is 0 Å². The number of rotatable bonds is 7. The molecular formula is C12H23ClN4. The second kappa shape index (κ2) is 6.99. The van der Waals surface area contributed by atoms with Crippen LogP contribution in [0.2, 0.25) is 5.15 Å². The largest absolute Gasteiger partial charge is 0.321 e. The lowest BCUT2D eigenvalue weighted by Gasteiger charge is -2.20. The fourth-order valence-corrected chi connectivity index (χ4v) is 1.65. The van der Waals surface area contributed by atoms with Crippen LogP contribution in [-0.2, 0) is 13.6 Å². The zero-order valence-corrected chi connectivity index (χ0v) is 12.0. The van der Waals surface area contributed by atoms with E-state index < -0.39 is 0 Å². The van der Waals surface area contributed by atoms with Crippen molar-refractivity contribution in [2.24, 2.45) is 7.05 Å². The number of imidazole rings is 1. The van der Waals surface area contributed by atoms with Crippen LogP contribution in [0.5, 0.6) is 0 Å². The van der Waals surface area contributed by atoms with Crippen molar-refractivity contribution in [3.8, 4) is 0 Å². The molecule has 0 aliphatic carbocycles. The van der Waals surface area contributed by atoms with Crippen molar-refractivity contribution in [1.82, 2.24) is 19.8 Å². The third-order valence-electron chi connectivity index (χ3n) is 3.06. The summed E-state index contributed by atoms with van der Waals surface area (Å²) in [5.74, 6) is 0.979. The van der Waals surface area contributed by atoms with Gasteiger partial charge in [-0.2, -0.15) is 0 Å². The van der Waals surface area contributed by atoms with Gasteiger partial charge in [-0.15, -0.1) is 0 Å². The van der Waals surface area contributed by atoms with Gasteiger partial charge < -0.3 is 14.8 Å². The van der Waals surface area contributed by atoms with E-state index >= 15 is 0 Å². The van der Waals surface area contributed by atoms with Crippen LogP contribution in [0, 0.1) is 0 Å². The topological polar surface area (TPSA) is 33.1 Å². The van der Waals surface area contributed by atoms with Crippen molar-refractivity contribution in [2.75, 3.05) is 20.1 Å². The minimum atomic E-state index is 0.614. The van der Waals surface area contributed by atoms with E-state index in [1.807, 2.05) is 11.6 Å². The number of hydrogen-bond acceptors (Lipinski definition) is 3. The molecule has 1 aromatic rings. The summed E-state index contributed by atoms with van der Waals surface area (Å²) in [4.78, 5) is 6.58. The Hall–Kier alpha value is -0.580. The Kier molecular flexibility index (Phi) is 5.95. The van der Waals surface area contributed by atoms with Gasteiger partial charge in [-0.25, -0.2) is 4.98 Å². The van der Waals surface area contributed by atoms with Crippen molar-refractivity contribution in [3.05, 3.63) is 17.2 Å². The monoisotopic (exact) mass is 258 g/mol. The Bertz CT molecular complexity index is 335. The first-order valence-electron chi connectivity index (χ1n) is 6.09. The molecule has 17 heavy (non-hydrogen) atoms. The standard InChI is InChI=1S/C12H23ClN4/c1-10(2)16(3)7-5-6-14-9-12-15-8-11(13)17(12)4/h8,10,14H,5-7,9H2,1-4H3. The van der Waals surface area contributed by atoms with Crippen LogP contribution in [0.25, 0.3) is 0 Å². The number of hydrogen-bond donors (Lipinski definition) is 1. The molecule has 0 fully saturated rings. The van der Waals surface area contributed by atoms with Crippen molar-refractivity contribution in [3.63, 3.8) is 0 Å². The maximum atomic E-state index is 5.91. The van der Waals surface area contributed by atoms with Gasteiger partial charge in [0.2, 0.25) is 0 Å². The van der Waals surface area contributed by atoms with Gasteiger partial charge in [0.15, 0.2) is 0 Å². The highest BCUT2D eigenvalue weighted by Gasteiger charge is 2.04. The lowest BCUT2D eigenvalue weighted by molar-refractivity contribution is 0.269. The first kappa shape index (κ1) is 14.5. The lowest BCUT2D eigenvalue weighted by atomic mass is 10.3. The Morgan fingerprint density at radius 2 is 2.24 bits per heavy atom. The van der Waals surface area contributed by atoms with E-state index in [1.165, 1.54) is 0 Å². The second-order valence-electron chi connectivity index (χ2n) is 4.66. The lowest BCUT2D eigenvalue weighted by Crippen LogP contribution is -2.29. The van der Waals surface area contributed by atoms with Crippen molar-refractivity contribution in [1.29, 1.82) is 0 Å². The summed E-state index contributed by atoms with van der Waals surface area (Å²) < 4.78 is 1.90. The van der Waals surface area contributed by atoms with Crippen LogP contribution < -0.4 is 5.32 Å². The molecule has 98 valence electrons. The number of halogens is 1. The highest BCUT2D eigenvalue weighted by molar-refractivity contribution is 6.29. The molecule has 0 saturated carbocycles. The molecule has 0 aliphatic rings. The average molecular weight is 259 g/mol. The van der Waals surface area contributed by atoms with Crippen LogP contribution in [0.3, 0.4) is 0 Å². The van der Waals surface area contributed by atoms with Gasteiger partial charge >= 0.3 is 0 Å². The third-order valence-corrected chi connectivity index (χ3v) is 3.41. The highest BCUT2D eigenvalue weighted by Crippen LogP contribution is 2.08. The van der Waals surface area contributed by atoms with Crippen molar-refractivity contribution >= 4 is 11.6 Å². The molecule has 1 rings (SSSR count). The fraction of sp³-hybridized carbons (Fsp3) is 0.750. The van der Waals surface area contributed by atoms with Crippen molar-refractivity contribution in [2.45, 2.75) is 32.9 Å². The predicted octanol–water partition coefficient (Wildman–Crippen LogP) is 1.89. The minimum absolute atomic E-state index is 0.614. The maximum absolute atomic E-state index is 5.91. The van der Waals surface area contributed by atoms with Gasteiger partial charge in [0.1, 0.15) is 11.0 Å². The highest BCUT2D eigenvalue weighted by atomic mass is 35.5. The average Bonchev–Trinajstić information content (AvgIpc) is 2.59. The second-order valence-corrected chi connectivity index (χ2v) is 5.05. The van der Waals surface area contributed by atoms with E-state index in [2.05, 4.69) is 36.1 Å². The molecule has 0 saturated heterocycles. The van der Waals surface area contributed by atoms with Crippen LogP contribution in [0.1, 0.15) is 26.1 Å². The number of aromatic nitrogens is 2. The quantitative estimate of drug-likeness (QED) is 0.759. The van der Waals surface area contributed by atoms with Gasteiger partial charge in [0.05, 0.1) is 12.7 Å². The Balaban J connectivity index is 2.15. The zero-order chi connectivity index (χ0) is 12.8. The van der Waals surface area contributed by atoms with Gasteiger partial charge in [-0.3, -0.25) is 0 Å². The molecule has 0 unspecified atom stereocenters. The fourth-order valence-electron chi connectivity index (χ4n) is 1.50. The van der Waals surface area contributed by atoms with E-state index in [0.717, 1.165) is 31.9 Å². The summed E-state index contributed by atoms with van der Waals surface area (Å²) in [6.07, 6.45) is 2.83. The van der Waals surface area contributed by atoms with Crippen LogP contribution in [-0.4, -0.2) is 40.6 Å². The smallest absolute Gasteiger partial charge is 0.128 e. The van der Waals surface area contributed by atoms with E-state index in [0.29, 0.717) is 11.2 Å². The SMILES string of the molecule is CC(C)N(C)CCCNCc1ncc(Cl)n1C. The molecule has 1 N–H and O–H groups in total. The molecular weight excluding hydrogens is 236 g/mol. The maximum Gasteiger partial charge on any atom is 0.128 e. The zero-order valence-electron chi connectivity index (χ0n) is 11.2. The summed E-state index contributed by atoms with van der Waals surface area (Å²) in [6, 6.07) is 0.614. The van der Waals surface area contributed by atoms with E-state index in [9.17, 15) is 0 Å². The normalized spacial score (nSPS) is 11.7. The molecule has 0 spiro atoms. The molecule has 0 aromatic carbocycles. The molecule has 0 aliphatic heterocycles. The number of nitrogens with zero attached hydrogens (tertiary/aromatic N) is 3. The molecule has 0 bridgehead atoms. The molecule has 1 heterocycles. The van der Waals surface area contributed by atoms with E-state index in [1.54, 1.807) is 6.20 Å². The molecule has 4 nitrogen and oxygen atoms in total. The molecule has 0 radical (unpaired) electrons. The summed E-state index contributed by atoms with van der Waals surface area (Å²) in [5, 5.41) is 4.06. The Morgan fingerprint density at radius 1 is 1.53 bits per heavy atom. The van der Waals surface area contributed by atoms with Crippen LogP contribution in [0.15, 0.2) is 6.20 Å². The molecule has 5 heteroatoms. The van der Waals surface area contributed by atoms with Crippen molar-refractivity contribution < 1.29 is 0 Å².